The normalized spacial score (nSPS) is 12.3. The molecule has 2 aromatic heterocycles. The Morgan fingerprint density at radius 2 is 2.07 bits per heavy atom. The number of guanidine groups is 1. The summed E-state index contributed by atoms with van der Waals surface area (Å²) in [6.45, 7) is 9.55. The monoisotopic (exact) mass is 523 g/mol. The number of imidazole rings is 1. The topological polar surface area (TPSA) is 54.2 Å². The van der Waals surface area contributed by atoms with Crippen LogP contribution in [0.15, 0.2) is 58.5 Å². The number of halogens is 1. The van der Waals surface area contributed by atoms with E-state index in [2.05, 4.69) is 75.1 Å². The van der Waals surface area contributed by atoms with Gasteiger partial charge in [0.25, 0.3) is 0 Å². The van der Waals surface area contributed by atoms with E-state index < -0.39 is 0 Å². The van der Waals surface area contributed by atoms with E-state index in [9.17, 15) is 0 Å². The summed E-state index contributed by atoms with van der Waals surface area (Å²) in [4.78, 5) is 9.06. The van der Waals surface area contributed by atoms with Gasteiger partial charge in [-0.05, 0) is 53.3 Å². The maximum Gasteiger partial charge on any atom is 0.191 e. The van der Waals surface area contributed by atoms with E-state index >= 15 is 0 Å². The number of aliphatic imine (C=N–C) groups is 1. The fourth-order valence-electron chi connectivity index (χ4n) is 3.03. The van der Waals surface area contributed by atoms with Gasteiger partial charge in [-0.1, -0.05) is 31.2 Å². The quantitative estimate of drug-likeness (QED) is 0.254. The Kier molecular flexibility index (Phi) is 9.66. The summed E-state index contributed by atoms with van der Waals surface area (Å²) in [6.07, 6.45) is 3.86. The first-order valence-corrected chi connectivity index (χ1v) is 10.7. The molecule has 1 aromatic carbocycles. The number of nitrogens with zero attached hydrogens (tertiary/aromatic N) is 3. The van der Waals surface area contributed by atoms with E-state index in [-0.39, 0.29) is 24.0 Å². The molecule has 0 saturated heterocycles. The molecule has 0 spiro atoms. The van der Waals surface area contributed by atoms with Crippen LogP contribution in [0.5, 0.6) is 0 Å². The van der Waals surface area contributed by atoms with Crippen molar-refractivity contribution >= 4 is 41.3 Å². The van der Waals surface area contributed by atoms with Crippen LogP contribution >= 0.6 is 35.3 Å². The summed E-state index contributed by atoms with van der Waals surface area (Å²) in [5.41, 5.74) is 3.84. The molecule has 2 heterocycles. The lowest BCUT2D eigenvalue weighted by Gasteiger charge is -2.15. The van der Waals surface area contributed by atoms with E-state index in [1.165, 1.54) is 16.7 Å². The van der Waals surface area contributed by atoms with Crippen LogP contribution in [0.2, 0.25) is 0 Å². The fourth-order valence-corrected chi connectivity index (χ4v) is 3.81. The van der Waals surface area contributed by atoms with Crippen molar-refractivity contribution in [1.82, 2.24) is 20.2 Å². The molecule has 3 aromatic rings. The van der Waals surface area contributed by atoms with Crippen molar-refractivity contribution < 1.29 is 0 Å². The van der Waals surface area contributed by atoms with Crippen LogP contribution in [0.4, 0.5) is 0 Å². The average Bonchev–Trinajstić information content (AvgIpc) is 3.37. The van der Waals surface area contributed by atoms with E-state index in [4.69, 9.17) is 4.99 Å². The summed E-state index contributed by atoms with van der Waals surface area (Å²) in [5, 5.41) is 11.2. The summed E-state index contributed by atoms with van der Waals surface area (Å²) in [5.74, 6) is 2.35. The number of aromatic nitrogens is 2. The van der Waals surface area contributed by atoms with Crippen molar-refractivity contribution in [2.75, 3.05) is 13.1 Å². The van der Waals surface area contributed by atoms with Crippen molar-refractivity contribution in [1.29, 1.82) is 0 Å². The number of thiophene rings is 1. The Balaban J connectivity index is 0.00000300. The van der Waals surface area contributed by atoms with Gasteiger partial charge in [0.15, 0.2) is 5.96 Å². The molecule has 156 valence electrons. The fraction of sp³-hybridized carbons (Fsp3) is 0.364. The predicted octanol–water partition coefficient (Wildman–Crippen LogP) is 4.78. The zero-order chi connectivity index (χ0) is 19.8. The number of nitrogens with one attached hydrogen (secondary N) is 2. The number of aryl methyl sites for hydroxylation is 1. The predicted molar refractivity (Wildman–Crippen MR) is 133 cm³/mol. The molecule has 0 fully saturated rings. The molecular weight excluding hydrogens is 493 g/mol. The Morgan fingerprint density at radius 3 is 2.76 bits per heavy atom. The van der Waals surface area contributed by atoms with Crippen molar-refractivity contribution in [3.05, 3.63) is 76.0 Å². The highest BCUT2D eigenvalue weighted by Gasteiger charge is 2.07. The van der Waals surface area contributed by atoms with Crippen molar-refractivity contribution in [2.24, 2.45) is 4.99 Å². The van der Waals surface area contributed by atoms with Crippen molar-refractivity contribution in [3.63, 3.8) is 0 Å². The van der Waals surface area contributed by atoms with Gasteiger partial charge < -0.3 is 15.2 Å². The lowest BCUT2D eigenvalue weighted by atomic mass is 10.1. The zero-order valence-corrected chi connectivity index (χ0v) is 20.4. The molecule has 0 aliphatic carbocycles. The second-order valence-electron chi connectivity index (χ2n) is 6.96. The highest BCUT2D eigenvalue weighted by molar-refractivity contribution is 14.0. The van der Waals surface area contributed by atoms with Gasteiger partial charge in [-0.3, -0.25) is 0 Å². The highest BCUT2D eigenvalue weighted by atomic mass is 127. The van der Waals surface area contributed by atoms with Crippen molar-refractivity contribution in [2.45, 2.75) is 39.8 Å². The molecule has 1 atom stereocenters. The minimum Gasteiger partial charge on any atom is -0.357 e. The summed E-state index contributed by atoms with van der Waals surface area (Å²) >= 11 is 1.74. The Morgan fingerprint density at radius 1 is 1.24 bits per heavy atom. The highest BCUT2D eigenvalue weighted by Crippen LogP contribution is 2.17. The minimum atomic E-state index is 0. The largest absolute Gasteiger partial charge is 0.357 e. The number of rotatable bonds is 8. The van der Waals surface area contributed by atoms with E-state index in [0.717, 1.165) is 31.4 Å². The second kappa shape index (κ2) is 12.0. The van der Waals surface area contributed by atoms with E-state index in [1.807, 2.05) is 19.3 Å². The van der Waals surface area contributed by atoms with Gasteiger partial charge in [0.2, 0.25) is 0 Å². The Hall–Kier alpha value is -1.87. The average molecular weight is 523 g/mol. The first-order valence-electron chi connectivity index (χ1n) is 9.75. The van der Waals surface area contributed by atoms with Crippen LogP contribution in [0.3, 0.4) is 0 Å². The minimum absolute atomic E-state index is 0. The smallest absolute Gasteiger partial charge is 0.191 e. The Labute approximate surface area is 194 Å². The molecule has 0 radical (unpaired) electrons. The Bertz CT molecular complexity index is 888. The third kappa shape index (κ3) is 7.15. The molecule has 0 aliphatic rings. The first kappa shape index (κ1) is 23.4. The van der Waals surface area contributed by atoms with Gasteiger partial charge in [-0.2, -0.15) is 11.3 Å². The van der Waals surface area contributed by atoms with Crippen LogP contribution < -0.4 is 10.6 Å². The summed E-state index contributed by atoms with van der Waals surface area (Å²) < 4.78 is 2.15. The number of hydrogen-bond donors (Lipinski definition) is 2. The third-order valence-electron chi connectivity index (χ3n) is 4.72. The van der Waals surface area contributed by atoms with Crippen LogP contribution in [0, 0.1) is 6.92 Å². The molecule has 3 rings (SSSR count). The lowest BCUT2D eigenvalue weighted by Crippen LogP contribution is -2.39. The molecule has 0 aliphatic heterocycles. The maximum atomic E-state index is 4.77. The zero-order valence-electron chi connectivity index (χ0n) is 17.3. The lowest BCUT2D eigenvalue weighted by molar-refractivity contribution is 0.701. The third-order valence-corrected chi connectivity index (χ3v) is 5.42. The SMILES string of the molecule is CCNC(=NCc1cccc(Cn2ccnc2C)c1)NCC(C)c1ccsc1.I. The van der Waals surface area contributed by atoms with Gasteiger partial charge >= 0.3 is 0 Å². The molecule has 2 N–H and O–H groups in total. The van der Waals surface area contributed by atoms with E-state index in [0.29, 0.717) is 12.5 Å². The van der Waals surface area contributed by atoms with Crippen LogP contribution in [0.1, 0.15) is 42.3 Å². The molecule has 29 heavy (non-hydrogen) atoms. The maximum absolute atomic E-state index is 4.77. The molecule has 1 unspecified atom stereocenters. The molecule has 0 bridgehead atoms. The molecule has 0 amide bonds. The van der Waals surface area contributed by atoms with Crippen LogP contribution in [-0.2, 0) is 13.1 Å². The standard InChI is InChI=1S/C22H29N5S.HI/c1-4-23-22(25-13-17(2)21-8-11-28-16-21)26-14-19-6-5-7-20(12-19)15-27-10-9-24-18(27)3;/h5-12,16-17H,4,13-15H2,1-3H3,(H2,23,25,26);1H. The van der Waals surface area contributed by atoms with Crippen LogP contribution in [-0.4, -0.2) is 28.6 Å². The van der Waals surface area contributed by atoms with Gasteiger partial charge in [0.1, 0.15) is 5.82 Å². The summed E-state index contributed by atoms with van der Waals surface area (Å²) in [7, 11) is 0. The molecule has 7 heteroatoms. The number of hydrogen-bond acceptors (Lipinski definition) is 3. The molecular formula is C22H30IN5S. The van der Waals surface area contributed by atoms with Gasteiger partial charge in [-0.15, -0.1) is 24.0 Å². The van der Waals surface area contributed by atoms with Gasteiger partial charge in [0, 0.05) is 32.0 Å². The summed E-state index contributed by atoms with van der Waals surface area (Å²) in [6, 6.07) is 10.8. The van der Waals surface area contributed by atoms with E-state index in [1.54, 1.807) is 11.3 Å². The second-order valence-corrected chi connectivity index (χ2v) is 7.74. The molecule has 0 saturated carbocycles. The van der Waals surface area contributed by atoms with Gasteiger partial charge in [0.05, 0.1) is 6.54 Å². The molecule has 5 nitrogen and oxygen atoms in total. The van der Waals surface area contributed by atoms with Gasteiger partial charge in [-0.25, -0.2) is 9.98 Å². The first-order chi connectivity index (χ1) is 13.7. The van der Waals surface area contributed by atoms with Crippen LogP contribution in [0.25, 0.3) is 0 Å². The number of benzene rings is 1. The van der Waals surface area contributed by atoms with Crippen molar-refractivity contribution in [3.8, 4) is 0 Å².